The average molecular weight is 448 g/mol. The Bertz CT molecular complexity index is 641. The third-order valence-corrected chi connectivity index (χ3v) is 3.82. The second-order valence-electron chi connectivity index (χ2n) is 3.29. The third-order valence-electron chi connectivity index (χ3n) is 1.89. The highest BCUT2D eigenvalue weighted by molar-refractivity contribution is 14.1. The van der Waals surface area contributed by atoms with E-state index >= 15 is 0 Å². The Morgan fingerprint density at radius 3 is 2.14 bits per heavy atom. The Kier molecular flexibility index (Phi) is 6.99. The molecule has 0 aliphatic rings. The molecule has 2 N–H and O–H groups in total. The van der Waals surface area contributed by atoms with Crippen LogP contribution in [0.5, 0.6) is 0 Å². The quantitative estimate of drug-likeness (QED) is 0.500. The number of hydrogen-bond donors (Lipinski definition) is 2. The Balaban J connectivity index is 0.000000219. The minimum Gasteiger partial charge on any atom is -0.465 e. The Labute approximate surface area is 141 Å². The van der Waals surface area contributed by atoms with E-state index in [1.54, 1.807) is 6.07 Å². The fraction of sp³-hybridized carbons (Fsp3) is 0. The van der Waals surface area contributed by atoms with E-state index in [9.17, 15) is 13.6 Å². The number of halogens is 5. The van der Waals surface area contributed by atoms with Gasteiger partial charge in [-0.25, -0.2) is 14.8 Å². The van der Waals surface area contributed by atoms with Gasteiger partial charge in [0, 0.05) is 16.0 Å². The van der Waals surface area contributed by atoms with Crippen LogP contribution in [0.4, 0.5) is 19.3 Å². The van der Waals surface area contributed by atoms with E-state index in [0.717, 1.165) is 6.20 Å². The highest BCUT2D eigenvalue weighted by Gasteiger charge is 2.08. The number of nitrogens with zero attached hydrogens (tertiary/aromatic N) is 2. The molecular weight excluding hydrogens is 442 g/mol. The van der Waals surface area contributed by atoms with Crippen molar-refractivity contribution < 1.29 is 18.7 Å². The summed E-state index contributed by atoms with van der Waals surface area (Å²) in [5, 5.41) is 9.95. The summed E-state index contributed by atoms with van der Waals surface area (Å²) in [6.45, 7) is 0. The third kappa shape index (κ3) is 5.56. The van der Waals surface area contributed by atoms with E-state index in [2.05, 4.69) is 9.97 Å². The van der Waals surface area contributed by atoms with Crippen molar-refractivity contribution in [2.75, 3.05) is 5.32 Å². The van der Waals surface area contributed by atoms with Gasteiger partial charge in [-0.15, -0.1) is 0 Å². The lowest BCUT2D eigenvalue weighted by Gasteiger charge is -2.01. The lowest BCUT2D eigenvalue weighted by Crippen LogP contribution is -2.08. The van der Waals surface area contributed by atoms with Gasteiger partial charge in [0.05, 0.1) is 5.69 Å². The van der Waals surface area contributed by atoms with E-state index < -0.39 is 18.0 Å². The summed E-state index contributed by atoms with van der Waals surface area (Å²) in [7, 11) is 0. The molecule has 0 saturated heterocycles. The standard InChI is InChI=1S/C6H4ClFN2O2.C5H2ClFIN/c7-4-3(10-6(11)12)1-2-9-5(4)8;6-4-3(8)1-2-9-5(4)7/h1-2H,(H,9,10)(H,11,12);1-2H. The number of carbonyl (C=O) groups is 1. The molecular formula is C11H6Cl2F2IN3O2. The number of aromatic nitrogens is 2. The van der Waals surface area contributed by atoms with Gasteiger partial charge in [0.2, 0.25) is 11.9 Å². The normalized spacial score (nSPS) is 9.57. The minimum atomic E-state index is -1.30. The van der Waals surface area contributed by atoms with Gasteiger partial charge in [0.15, 0.2) is 0 Å². The van der Waals surface area contributed by atoms with Gasteiger partial charge in [-0.2, -0.15) is 8.78 Å². The number of hydrogen-bond acceptors (Lipinski definition) is 3. The largest absolute Gasteiger partial charge is 0.465 e. The van der Waals surface area contributed by atoms with Crippen LogP contribution < -0.4 is 5.32 Å². The molecule has 5 nitrogen and oxygen atoms in total. The van der Waals surface area contributed by atoms with Crippen molar-refractivity contribution in [3.8, 4) is 0 Å². The fourth-order valence-electron chi connectivity index (χ4n) is 1.03. The van der Waals surface area contributed by atoms with Crippen molar-refractivity contribution in [3.63, 3.8) is 0 Å². The van der Waals surface area contributed by atoms with Crippen LogP contribution in [0.15, 0.2) is 24.5 Å². The molecule has 0 saturated carbocycles. The van der Waals surface area contributed by atoms with Crippen LogP contribution in [0.2, 0.25) is 10.0 Å². The summed E-state index contributed by atoms with van der Waals surface area (Å²) < 4.78 is 25.6. The Hall–Kier alpha value is -1.26. The monoisotopic (exact) mass is 447 g/mol. The number of anilines is 1. The molecule has 1 amide bonds. The molecule has 21 heavy (non-hydrogen) atoms. The molecule has 112 valence electrons. The van der Waals surface area contributed by atoms with E-state index in [4.69, 9.17) is 28.3 Å². The van der Waals surface area contributed by atoms with Crippen LogP contribution in [0.1, 0.15) is 0 Å². The summed E-state index contributed by atoms with van der Waals surface area (Å²) in [6, 6.07) is 2.91. The molecule has 0 bridgehead atoms. The Morgan fingerprint density at radius 1 is 1.14 bits per heavy atom. The molecule has 2 aromatic rings. The lowest BCUT2D eigenvalue weighted by molar-refractivity contribution is 0.209. The second kappa shape index (κ2) is 8.25. The maximum Gasteiger partial charge on any atom is 0.409 e. The number of amides is 1. The summed E-state index contributed by atoms with van der Waals surface area (Å²) in [5.41, 5.74) is -0.0170. The van der Waals surface area contributed by atoms with Gasteiger partial charge < -0.3 is 5.11 Å². The zero-order chi connectivity index (χ0) is 16.0. The van der Waals surface area contributed by atoms with Crippen LogP contribution in [-0.2, 0) is 0 Å². The smallest absolute Gasteiger partial charge is 0.409 e. The van der Waals surface area contributed by atoms with Crippen LogP contribution in [0.3, 0.4) is 0 Å². The predicted molar refractivity (Wildman–Crippen MR) is 82.8 cm³/mol. The van der Waals surface area contributed by atoms with Crippen LogP contribution in [-0.4, -0.2) is 21.2 Å². The van der Waals surface area contributed by atoms with E-state index in [1.807, 2.05) is 27.9 Å². The molecule has 2 aromatic heterocycles. The maximum atomic E-state index is 12.6. The molecule has 10 heteroatoms. The summed E-state index contributed by atoms with van der Waals surface area (Å²) in [5.74, 6) is -1.51. The molecule has 2 heterocycles. The summed E-state index contributed by atoms with van der Waals surface area (Å²) in [6.07, 6.45) is 1.19. The van der Waals surface area contributed by atoms with Gasteiger partial charge in [0.1, 0.15) is 10.0 Å². The zero-order valence-corrected chi connectivity index (χ0v) is 13.6. The molecule has 0 atom stereocenters. The van der Waals surface area contributed by atoms with Crippen LogP contribution in [0, 0.1) is 15.5 Å². The topological polar surface area (TPSA) is 75.1 Å². The minimum absolute atomic E-state index is 0.0170. The van der Waals surface area contributed by atoms with Crippen molar-refractivity contribution in [2.24, 2.45) is 0 Å². The highest BCUT2D eigenvalue weighted by Crippen LogP contribution is 2.22. The van der Waals surface area contributed by atoms with Crippen molar-refractivity contribution in [3.05, 3.63) is 50.0 Å². The SMILES string of the molecule is Fc1nccc(I)c1Cl.O=C(O)Nc1ccnc(F)c1Cl. The molecule has 0 aliphatic carbocycles. The van der Waals surface area contributed by atoms with Gasteiger partial charge in [-0.3, -0.25) is 5.32 Å². The van der Waals surface area contributed by atoms with Gasteiger partial charge >= 0.3 is 6.09 Å². The Morgan fingerprint density at radius 2 is 1.67 bits per heavy atom. The molecule has 0 aromatic carbocycles. The first-order chi connectivity index (χ1) is 9.82. The molecule has 0 spiro atoms. The van der Waals surface area contributed by atoms with Crippen LogP contribution in [0.25, 0.3) is 0 Å². The highest BCUT2D eigenvalue weighted by atomic mass is 127. The van der Waals surface area contributed by atoms with E-state index in [0.29, 0.717) is 3.57 Å². The number of nitrogens with one attached hydrogen (secondary N) is 1. The lowest BCUT2D eigenvalue weighted by atomic mass is 10.4. The van der Waals surface area contributed by atoms with Crippen molar-refractivity contribution in [2.45, 2.75) is 0 Å². The molecule has 0 radical (unpaired) electrons. The first kappa shape index (κ1) is 17.8. The predicted octanol–water partition coefficient (Wildman–Crippen LogP) is 4.44. The number of rotatable bonds is 1. The molecule has 0 fully saturated rings. The summed E-state index contributed by atoms with van der Waals surface area (Å²) >= 11 is 12.7. The molecule has 0 aliphatic heterocycles. The van der Waals surface area contributed by atoms with Crippen molar-refractivity contribution in [1.82, 2.24) is 9.97 Å². The van der Waals surface area contributed by atoms with Gasteiger partial charge in [0.25, 0.3) is 0 Å². The van der Waals surface area contributed by atoms with Gasteiger partial charge in [-0.05, 0) is 34.7 Å². The zero-order valence-electron chi connectivity index (χ0n) is 9.95. The number of carboxylic acid groups (broad SMARTS) is 1. The first-order valence-corrected chi connectivity index (χ1v) is 6.91. The first-order valence-electron chi connectivity index (χ1n) is 5.08. The van der Waals surface area contributed by atoms with E-state index in [1.165, 1.54) is 12.3 Å². The van der Waals surface area contributed by atoms with Crippen molar-refractivity contribution in [1.29, 1.82) is 0 Å². The molecule has 2 rings (SSSR count). The number of pyridine rings is 2. The summed E-state index contributed by atoms with van der Waals surface area (Å²) in [4.78, 5) is 16.7. The van der Waals surface area contributed by atoms with Crippen molar-refractivity contribution >= 4 is 57.6 Å². The average Bonchev–Trinajstić information content (AvgIpc) is 2.41. The second-order valence-corrected chi connectivity index (χ2v) is 5.21. The maximum absolute atomic E-state index is 12.6. The van der Waals surface area contributed by atoms with E-state index in [-0.39, 0.29) is 15.7 Å². The fourth-order valence-corrected chi connectivity index (χ4v) is 1.68. The van der Waals surface area contributed by atoms with Gasteiger partial charge in [-0.1, -0.05) is 23.2 Å². The van der Waals surface area contributed by atoms with Crippen LogP contribution >= 0.6 is 45.8 Å². The molecule has 0 unspecified atom stereocenters.